The van der Waals surface area contributed by atoms with E-state index < -0.39 is 0 Å². The normalized spacial score (nSPS) is 11.8. The monoisotopic (exact) mass is 322 g/mol. The van der Waals surface area contributed by atoms with E-state index in [0.29, 0.717) is 11.4 Å². The summed E-state index contributed by atoms with van der Waals surface area (Å²) in [4.78, 5) is 16.2. The van der Waals surface area contributed by atoms with Crippen LogP contribution < -0.4 is 10.6 Å². The van der Waals surface area contributed by atoms with E-state index in [2.05, 4.69) is 25.9 Å². The van der Waals surface area contributed by atoms with Crippen LogP contribution in [0.15, 0.2) is 54.9 Å². The summed E-state index contributed by atoms with van der Waals surface area (Å²) in [7, 11) is 1.59. The highest BCUT2D eigenvalue weighted by Crippen LogP contribution is 2.19. The van der Waals surface area contributed by atoms with Gasteiger partial charge in [-0.3, -0.25) is 4.79 Å². The van der Waals surface area contributed by atoms with Gasteiger partial charge in [-0.25, -0.2) is 9.67 Å². The number of anilines is 1. The lowest BCUT2D eigenvalue weighted by Crippen LogP contribution is -2.21. The van der Waals surface area contributed by atoms with Crippen molar-refractivity contribution in [3.8, 4) is 5.69 Å². The first kappa shape index (κ1) is 15.7. The van der Waals surface area contributed by atoms with Gasteiger partial charge in [0.1, 0.15) is 11.5 Å². The molecule has 122 valence electrons. The number of hydrogen-bond donors (Lipinski definition) is 2. The Hall–Kier alpha value is -3.22. The van der Waals surface area contributed by atoms with Crippen molar-refractivity contribution in [2.24, 2.45) is 0 Å². The van der Waals surface area contributed by atoms with Crippen LogP contribution >= 0.6 is 0 Å². The molecule has 0 saturated heterocycles. The zero-order valence-corrected chi connectivity index (χ0v) is 13.5. The highest BCUT2D eigenvalue weighted by Gasteiger charge is 2.16. The zero-order chi connectivity index (χ0) is 16.9. The summed E-state index contributed by atoms with van der Waals surface area (Å²) in [6, 6.07) is 13.1. The molecule has 24 heavy (non-hydrogen) atoms. The van der Waals surface area contributed by atoms with Crippen LogP contribution in [0.5, 0.6) is 0 Å². The third-order valence-electron chi connectivity index (χ3n) is 3.61. The van der Waals surface area contributed by atoms with E-state index in [0.717, 1.165) is 11.4 Å². The molecule has 2 aromatic heterocycles. The van der Waals surface area contributed by atoms with Gasteiger partial charge in [-0.05, 0) is 31.2 Å². The number of carbonyl (C=O) groups is 1. The van der Waals surface area contributed by atoms with Gasteiger partial charge in [-0.2, -0.15) is 0 Å². The van der Waals surface area contributed by atoms with Crippen molar-refractivity contribution in [2.45, 2.75) is 13.0 Å². The molecule has 0 aliphatic heterocycles. The molecule has 7 nitrogen and oxygen atoms in total. The highest BCUT2D eigenvalue weighted by atomic mass is 16.1. The number of para-hydroxylation sites is 1. The lowest BCUT2D eigenvalue weighted by atomic mass is 10.2. The minimum atomic E-state index is -0.189. The number of carbonyl (C=O) groups excluding carboxylic acids is 1. The summed E-state index contributed by atoms with van der Waals surface area (Å²) in [5.41, 5.74) is 2.18. The average molecular weight is 322 g/mol. The van der Waals surface area contributed by atoms with Crippen molar-refractivity contribution in [3.05, 3.63) is 66.1 Å². The quantitative estimate of drug-likeness (QED) is 0.752. The largest absolute Gasteiger partial charge is 0.361 e. The molecular weight excluding hydrogens is 304 g/mol. The van der Waals surface area contributed by atoms with E-state index in [1.165, 1.54) is 0 Å². The van der Waals surface area contributed by atoms with E-state index in [9.17, 15) is 4.79 Å². The number of aromatic nitrogens is 4. The fourth-order valence-electron chi connectivity index (χ4n) is 2.30. The molecule has 1 amide bonds. The van der Waals surface area contributed by atoms with Crippen LogP contribution in [0.4, 0.5) is 5.82 Å². The van der Waals surface area contributed by atoms with Crippen LogP contribution in [-0.4, -0.2) is 32.9 Å². The van der Waals surface area contributed by atoms with Gasteiger partial charge in [0, 0.05) is 13.2 Å². The number of pyridine rings is 1. The van der Waals surface area contributed by atoms with Gasteiger partial charge in [-0.1, -0.05) is 23.4 Å². The van der Waals surface area contributed by atoms with Crippen LogP contribution in [-0.2, 0) is 0 Å². The molecule has 0 saturated carbocycles. The zero-order valence-electron chi connectivity index (χ0n) is 13.5. The van der Waals surface area contributed by atoms with E-state index in [4.69, 9.17) is 0 Å². The lowest BCUT2D eigenvalue weighted by Gasteiger charge is -2.14. The van der Waals surface area contributed by atoms with Crippen LogP contribution in [0.3, 0.4) is 0 Å². The number of rotatable bonds is 5. The Labute approximate surface area is 139 Å². The first-order valence-electron chi connectivity index (χ1n) is 7.60. The van der Waals surface area contributed by atoms with Crippen molar-refractivity contribution >= 4 is 11.7 Å². The van der Waals surface area contributed by atoms with Crippen molar-refractivity contribution in [1.29, 1.82) is 0 Å². The van der Waals surface area contributed by atoms with Crippen molar-refractivity contribution < 1.29 is 4.79 Å². The molecule has 1 atom stereocenters. The SMILES string of the molecule is CNC(=O)c1cccnc1NC(C)c1cn(-c2ccccc2)nn1. The molecule has 0 radical (unpaired) electrons. The molecule has 3 rings (SSSR count). The summed E-state index contributed by atoms with van der Waals surface area (Å²) < 4.78 is 1.71. The number of amides is 1. The first-order chi connectivity index (χ1) is 11.7. The Balaban J connectivity index is 1.80. The van der Waals surface area contributed by atoms with Crippen LogP contribution in [0.25, 0.3) is 5.69 Å². The molecule has 7 heteroatoms. The maximum atomic E-state index is 11.9. The standard InChI is InChI=1S/C17H18N6O/c1-12(20-16-14(17(24)18-2)9-6-10-19-16)15-11-23(22-21-15)13-7-4-3-5-8-13/h3-12H,1-2H3,(H,18,24)(H,19,20). The predicted molar refractivity (Wildman–Crippen MR) is 91.0 cm³/mol. The summed E-state index contributed by atoms with van der Waals surface area (Å²) in [5.74, 6) is 0.323. The van der Waals surface area contributed by atoms with Gasteiger partial charge in [0.05, 0.1) is 23.5 Å². The first-order valence-corrected chi connectivity index (χ1v) is 7.60. The molecule has 0 bridgehead atoms. The van der Waals surface area contributed by atoms with E-state index in [-0.39, 0.29) is 11.9 Å². The number of benzene rings is 1. The lowest BCUT2D eigenvalue weighted by molar-refractivity contribution is 0.0963. The van der Waals surface area contributed by atoms with Gasteiger partial charge >= 0.3 is 0 Å². The Morgan fingerprint density at radius 2 is 1.96 bits per heavy atom. The Morgan fingerprint density at radius 3 is 2.71 bits per heavy atom. The summed E-state index contributed by atoms with van der Waals surface area (Å²) in [6.07, 6.45) is 3.50. The average Bonchev–Trinajstić information content (AvgIpc) is 3.12. The highest BCUT2D eigenvalue weighted by molar-refractivity contribution is 5.98. The molecule has 1 aromatic carbocycles. The minimum absolute atomic E-state index is 0.152. The van der Waals surface area contributed by atoms with Crippen LogP contribution in [0, 0.1) is 0 Å². The van der Waals surface area contributed by atoms with Gasteiger partial charge in [-0.15, -0.1) is 5.10 Å². The third kappa shape index (κ3) is 3.24. The predicted octanol–water partition coefficient (Wildman–Crippen LogP) is 2.19. The Morgan fingerprint density at radius 1 is 1.17 bits per heavy atom. The topological polar surface area (TPSA) is 84.7 Å². The van der Waals surface area contributed by atoms with Crippen molar-refractivity contribution in [2.75, 3.05) is 12.4 Å². The minimum Gasteiger partial charge on any atom is -0.361 e. The summed E-state index contributed by atoms with van der Waals surface area (Å²) >= 11 is 0. The van der Waals surface area contributed by atoms with Gasteiger partial charge < -0.3 is 10.6 Å². The second-order valence-electron chi connectivity index (χ2n) is 5.27. The smallest absolute Gasteiger partial charge is 0.254 e. The van der Waals surface area contributed by atoms with Crippen LogP contribution in [0.1, 0.15) is 29.0 Å². The summed E-state index contributed by atoms with van der Waals surface area (Å²) in [5, 5.41) is 14.2. The molecule has 0 spiro atoms. The van der Waals surface area contributed by atoms with E-state index in [1.54, 1.807) is 30.1 Å². The molecule has 3 aromatic rings. The van der Waals surface area contributed by atoms with E-state index in [1.807, 2.05) is 43.5 Å². The molecular formula is C17H18N6O. The molecule has 2 heterocycles. The van der Waals surface area contributed by atoms with Gasteiger partial charge in [0.25, 0.3) is 5.91 Å². The van der Waals surface area contributed by atoms with Gasteiger partial charge in [0.2, 0.25) is 0 Å². The molecule has 0 fully saturated rings. The second-order valence-corrected chi connectivity index (χ2v) is 5.27. The van der Waals surface area contributed by atoms with Gasteiger partial charge in [0.15, 0.2) is 0 Å². The molecule has 0 aliphatic carbocycles. The number of nitrogens with one attached hydrogen (secondary N) is 2. The molecule has 0 aliphatic rings. The van der Waals surface area contributed by atoms with Crippen LogP contribution in [0.2, 0.25) is 0 Å². The third-order valence-corrected chi connectivity index (χ3v) is 3.61. The second kappa shape index (κ2) is 6.91. The number of nitrogens with zero attached hydrogens (tertiary/aromatic N) is 4. The maximum Gasteiger partial charge on any atom is 0.254 e. The van der Waals surface area contributed by atoms with Crippen molar-refractivity contribution in [3.63, 3.8) is 0 Å². The fraction of sp³-hybridized carbons (Fsp3) is 0.176. The van der Waals surface area contributed by atoms with Crippen molar-refractivity contribution in [1.82, 2.24) is 25.3 Å². The molecule has 1 unspecified atom stereocenters. The Bertz CT molecular complexity index is 830. The Kier molecular flexibility index (Phi) is 4.51. The number of hydrogen-bond acceptors (Lipinski definition) is 5. The maximum absolute atomic E-state index is 11.9. The van der Waals surface area contributed by atoms with E-state index >= 15 is 0 Å². The summed E-state index contributed by atoms with van der Waals surface area (Å²) in [6.45, 7) is 1.95. The fourth-order valence-corrected chi connectivity index (χ4v) is 2.30. The molecule has 2 N–H and O–H groups in total.